The SMILES string of the molecule is Nc1nc2c(ncn2[C@H]2C=C[C@@H](CO)C2)c(=O)[nH]1.O=c1[nH]cnc2c1ncn2[C@H]1CC[C@@H](CO)O1. The first-order valence-corrected chi connectivity index (χ1v) is 11.2. The Morgan fingerprint density at radius 2 is 1.77 bits per heavy atom. The fourth-order valence-corrected chi connectivity index (χ4v) is 4.38. The summed E-state index contributed by atoms with van der Waals surface area (Å²) in [6, 6.07) is 0.0563. The highest BCUT2D eigenvalue weighted by Crippen LogP contribution is 2.30. The van der Waals surface area contributed by atoms with Crippen molar-refractivity contribution in [2.24, 2.45) is 5.92 Å². The molecule has 1 aliphatic carbocycles. The lowest BCUT2D eigenvalue weighted by Crippen LogP contribution is -2.14. The lowest BCUT2D eigenvalue weighted by molar-refractivity contribution is -0.0207. The summed E-state index contributed by atoms with van der Waals surface area (Å²) < 4.78 is 9.17. The Balaban J connectivity index is 0.000000145. The van der Waals surface area contributed by atoms with Crippen LogP contribution in [-0.4, -0.2) is 68.6 Å². The summed E-state index contributed by atoms with van der Waals surface area (Å²) in [7, 11) is 0. The van der Waals surface area contributed by atoms with Gasteiger partial charge in [0, 0.05) is 12.5 Å². The Morgan fingerprint density at radius 3 is 2.49 bits per heavy atom. The standard InChI is InChI=1S/C11H13N5O2.C10H12N4O3/c12-11-14-9-8(10(18)15-11)13-5-16(9)7-2-1-6(3-7)4-17;15-3-6-1-2-7(17-6)14-5-13-8-9(14)11-4-12-10(8)16/h1-2,5-7,17H,3-4H2,(H3,12,14,15,18);4-7,15H,1-3H2,(H,11,12,16)/t2*6-,7+/m10/s1. The van der Waals surface area contributed by atoms with Crippen LogP contribution < -0.4 is 16.9 Å². The van der Waals surface area contributed by atoms with E-state index in [0.717, 1.165) is 19.3 Å². The van der Waals surface area contributed by atoms with Crippen LogP contribution in [0.15, 0.2) is 40.7 Å². The average molecular weight is 483 g/mol. The molecule has 4 aromatic rings. The molecule has 5 heterocycles. The predicted octanol–water partition coefficient (Wildman–Crippen LogP) is -0.399. The van der Waals surface area contributed by atoms with E-state index >= 15 is 0 Å². The fraction of sp³-hybridized carbons (Fsp3) is 0.429. The van der Waals surface area contributed by atoms with Crippen LogP contribution in [0.3, 0.4) is 0 Å². The minimum absolute atomic E-state index is 0.0111. The van der Waals surface area contributed by atoms with Gasteiger partial charge in [-0.15, -0.1) is 0 Å². The summed E-state index contributed by atoms with van der Waals surface area (Å²) in [5.74, 6) is 0.224. The number of hydrogen-bond acceptors (Lipinski definition) is 10. The third-order valence-electron chi connectivity index (χ3n) is 6.16. The van der Waals surface area contributed by atoms with Gasteiger partial charge in [0.2, 0.25) is 5.95 Å². The van der Waals surface area contributed by atoms with E-state index in [2.05, 4.69) is 29.9 Å². The van der Waals surface area contributed by atoms with E-state index in [1.165, 1.54) is 6.33 Å². The van der Waals surface area contributed by atoms with Gasteiger partial charge < -0.3 is 30.2 Å². The molecule has 1 saturated heterocycles. The molecule has 0 spiro atoms. The Hall–Kier alpha value is -3.88. The first-order chi connectivity index (χ1) is 17.0. The van der Waals surface area contributed by atoms with Crippen LogP contribution in [0.5, 0.6) is 0 Å². The van der Waals surface area contributed by atoms with Gasteiger partial charge in [0.25, 0.3) is 11.1 Å². The number of nitrogens with one attached hydrogen (secondary N) is 2. The maximum atomic E-state index is 11.6. The van der Waals surface area contributed by atoms with Gasteiger partial charge in [0.15, 0.2) is 22.3 Å². The molecule has 2 aliphatic rings. The molecule has 4 aromatic heterocycles. The van der Waals surface area contributed by atoms with Crippen molar-refractivity contribution in [3.63, 3.8) is 0 Å². The highest BCUT2D eigenvalue weighted by atomic mass is 16.5. The van der Waals surface area contributed by atoms with Gasteiger partial charge in [-0.25, -0.2) is 15.0 Å². The van der Waals surface area contributed by atoms with Gasteiger partial charge in [0.1, 0.15) is 6.23 Å². The first kappa shape index (κ1) is 22.9. The lowest BCUT2D eigenvalue weighted by Gasteiger charge is -2.13. The van der Waals surface area contributed by atoms with E-state index in [1.54, 1.807) is 17.2 Å². The van der Waals surface area contributed by atoms with E-state index < -0.39 is 0 Å². The normalized spacial score (nSPS) is 23.7. The van der Waals surface area contributed by atoms with E-state index in [1.807, 2.05) is 16.7 Å². The van der Waals surface area contributed by atoms with E-state index in [0.29, 0.717) is 16.8 Å². The molecule has 4 atom stereocenters. The molecule has 0 aromatic carbocycles. The molecule has 184 valence electrons. The molecule has 14 nitrogen and oxygen atoms in total. The molecule has 0 saturated carbocycles. The number of nitrogen functional groups attached to an aromatic ring is 1. The summed E-state index contributed by atoms with van der Waals surface area (Å²) in [6.45, 7) is 0.132. The molecular formula is C21H25N9O5. The lowest BCUT2D eigenvalue weighted by atomic mass is 10.1. The van der Waals surface area contributed by atoms with E-state index in [9.17, 15) is 9.59 Å². The summed E-state index contributed by atoms with van der Waals surface area (Å²) in [4.78, 5) is 44.3. The summed E-state index contributed by atoms with van der Waals surface area (Å²) in [5, 5.41) is 18.1. The molecule has 14 heteroatoms. The number of fused-ring (bicyclic) bond motifs is 2. The van der Waals surface area contributed by atoms with Gasteiger partial charge in [-0.2, -0.15) is 4.98 Å². The number of imidazole rings is 2. The van der Waals surface area contributed by atoms with Gasteiger partial charge in [0.05, 0.1) is 37.7 Å². The topological polar surface area (TPSA) is 203 Å². The first-order valence-electron chi connectivity index (χ1n) is 11.2. The van der Waals surface area contributed by atoms with E-state index in [4.69, 9.17) is 20.7 Å². The molecule has 6 N–H and O–H groups in total. The Kier molecular flexibility index (Phi) is 6.15. The monoisotopic (exact) mass is 483 g/mol. The van der Waals surface area contributed by atoms with Crippen molar-refractivity contribution < 1.29 is 14.9 Å². The maximum Gasteiger partial charge on any atom is 0.280 e. The van der Waals surface area contributed by atoms with Crippen LogP contribution in [-0.2, 0) is 4.74 Å². The van der Waals surface area contributed by atoms with Gasteiger partial charge in [-0.3, -0.25) is 19.1 Å². The zero-order valence-corrected chi connectivity index (χ0v) is 18.6. The fourth-order valence-electron chi connectivity index (χ4n) is 4.38. The minimum Gasteiger partial charge on any atom is -0.396 e. The van der Waals surface area contributed by atoms with Gasteiger partial charge in [-0.1, -0.05) is 12.2 Å². The smallest absolute Gasteiger partial charge is 0.280 e. The molecule has 1 fully saturated rings. The van der Waals surface area contributed by atoms with Crippen LogP contribution in [0.1, 0.15) is 31.5 Å². The Labute approximate surface area is 197 Å². The molecule has 0 amide bonds. The second kappa shape index (κ2) is 9.40. The number of hydrogen-bond donors (Lipinski definition) is 5. The van der Waals surface area contributed by atoms with Crippen molar-refractivity contribution in [3.8, 4) is 0 Å². The third-order valence-corrected chi connectivity index (χ3v) is 6.16. The number of H-pyrrole nitrogens is 2. The number of ether oxygens (including phenoxy) is 1. The number of aromatic amines is 2. The predicted molar refractivity (Wildman–Crippen MR) is 124 cm³/mol. The maximum absolute atomic E-state index is 11.6. The molecule has 0 radical (unpaired) electrons. The highest BCUT2D eigenvalue weighted by Gasteiger charge is 2.27. The number of aliphatic hydroxyl groups is 2. The Bertz CT molecular complexity index is 1490. The molecule has 35 heavy (non-hydrogen) atoms. The zero-order chi connectivity index (χ0) is 24.5. The molecule has 6 rings (SSSR count). The van der Waals surface area contributed by atoms with Crippen LogP contribution in [0.4, 0.5) is 5.95 Å². The highest BCUT2D eigenvalue weighted by molar-refractivity contribution is 5.71. The molecular weight excluding hydrogens is 458 g/mol. The van der Waals surface area contributed by atoms with Crippen molar-refractivity contribution in [3.05, 3.63) is 51.8 Å². The quantitative estimate of drug-likeness (QED) is 0.238. The van der Waals surface area contributed by atoms with Gasteiger partial charge in [-0.05, 0) is 19.3 Å². The van der Waals surface area contributed by atoms with Crippen molar-refractivity contribution in [2.75, 3.05) is 18.9 Å². The van der Waals surface area contributed by atoms with Crippen molar-refractivity contribution in [1.82, 2.24) is 39.0 Å². The van der Waals surface area contributed by atoms with Crippen molar-refractivity contribution in [1.29, 1.82) is 0 Å². The second-order valence-electron chi connectivity index (χ2n) is 8.43. The number of rotatable bonds is 4. The third kappa shape index (κ3) is 4.34. The number of nitrogens with two attached hydrogens (primary N) is 1. The zero-order valence-electron chi connectivity index (χ0n) is 18.6. The van der Waals surface area contributed by atoms with Crippen molar-refractivity contribution >= 4 is 28.3 Å². The summed E-state index contributed by atoms with van der Waals surface area (Å²) >= 11 is 0. The second-order valence-corrected chi connectivity index (χ2v) is 8.43. The number of aliphatic hydroxyl groups excluding tert-OH is 2. The number of aromatic nitrogens is 8. The van der Waals surface area contributed by atoms with Crippen LogP contribution in [0.25, 0.3) is 22.3 Å². The van der Waals surface area contributed by atoms with Gasteiger partial charge >= 0.3 is 0 Å². The van der Waals surface area contributed by atoms with Crippen molar-refractivity contribution in [2.45, 2.75) is 37.6 Å². The number of nitrogens with zero attached hydrogens (tertiary/aromatic N) is 6. The number of anilines is 1. The van der Waals surface area contributed by atoms with Crippen LogP contribution >= 0.6 is 0 Å². The minimum atomic E-state index is -0.336. The van der Waals surface area contributed by atoms with E-state index in [-0.39, 0.29) is 60.1 Å². The average Bonchev–Trinajstić information content (AvgIpc) is 3.64. The summed E-state index contributed by atoms with van der Waals surface area (Å²) in [5.41, 5.74) is 6.52. The number of allylic oxidation sites excluding steroid dienone is 1. The molecule has 1 aliphatic heterocycles. The largest absolute Gasteiger partial charge is 0.396 e. The van der Waals surface area contributed by atoms with Crippen LogP contribution in [0, 0.1) is 5.92 Å². The Morgan fingerprint density at radius 1 is 1.00 bits per heavy atom. The molecule has 0 bridgehead atoms. The van der Waals surface area contributed by atoms with Crippen LogP contribution in [0.2, 0.25) is 0 Å². The summed E-state index contributed by atoms with van der Waals surface area (Å²) in [6.07, 6.45) is 10.4. The molecule has 0 unspecified atom stereocenters.